The van der Waals surface area contributed by atoms with Crippen LogP contribution in [0.1, 0.15) is 10.4 Å². The number of benzene rings is 2. The van der Waals surface area contributed by atoms with Crippen molar-refractivity contribution < 1.29 is 14.0 Å². The molecule has 25 heavy (non-hydrogen) atoms. The van der Waals surface area contributed by atoms with Crippen LogP contribution in [0, 0.1) is 5.82 Å². The van der Waals surface area contributed by atoms with Gasteiger partial charge in [0.25, 0.3) is 5.91 Å². The molecule has 0 bridgehead atoms. The first-order chi connectivity index (χ1) is 11.8. The molecule has 128 valence electrons. The van der Waals surface area contributed by atoms with Crippen LogP contribution in [0.5, 0.6) is 0 Å². The topological polar surface area (TPSA) is 67.2 Å². The molecule has 0 unspecified atom stereocenters. The highest BCUT2D eigenvalue weighted by Crippen LogP contribution is 2.29. The maximum absolute atomic E-state index is 13.9. The summed E-state index contributed by atoms with van der Waals surface area (Å²) in [6.45, 7) is 4.73. The fourth-order valence-corrected chi connectivity index (χ4v) is 4.27. The second-order valence-corrected chi connectivity index (χ2v) is 10.5. The van der Waals surface area contributed by atoms with Gasteiger partial charge in [-0.25, -0.2) is 9.37 Å². The van der Waals surface area contributed by atoms with E-state index >= 15 is 0 Å². The number of rotatable bonds is 2. The minimum atomic E-state index is -2.45. The molecule has 0 spiro atoms. The highest BCUT2D eigenvalue weighted by atomic mass is 28.4. The fourth-order valence-electron chi connectivity index (χ4n) is 3.26. The van der Waals surface area contributed by atoms with Gasteiger partial charge in [0.2, 0.25) is 8.32 Å². The average molecular weight is 355 g/mol. The standard InChI is InChI=1S/C18H18FN3O2Si/c1-25(2,24)13-5-3-4-11(8-13)17-21-15-10-12(19)9-14-16(15)22(17)7-6-20-18(14)23/h3-5,8-10,24H,6-7H2,1-2H3,(H,20,23). The van der Waals surface area contributed by atoms with E-state index in [1.54, 1.807) is 0 Å². The second-order valence-electron chi connectivity index (χ2n) is 6.80. The number of imidazole rings is 1. The van der Waals surface area contributed by atoms with E-state index in [4.69, 9.17) is 0 Å². The zero-order valence-corrected chi connectivity index (χ0v) is 15.0. The van der Waals surface area contributed by atoms with Gasteiger partial charge in [0.1, 0.15) is 11.6 Å². The molecule has 7 heteroatoms. The number of aromatic nitrogens is 2. The molecule has 1 aromatic heterocycles. The maximum atomic E-state index is 13.9. The predicted octanol–water partition coefficient (Wildman–Crippen LogP) is 1.99. The number of nitrogens with zero attached hydrogens (tertiary/aromatic N) is 2. The van der Waals surface area contributed by atoms with Crippen LogP contribution in [0.15, 0.2) is 36.4 Å². The maximum Gasteiger partial charge on any atom is 0.253 e. The molecule has 0 atom stereocenters. The van der Waals surface area contributed by atoms with Gasteiger partial charge >= 0.3 is 0 Å². The van der Waals surface area contributed by atoms with E-state index < -0.39 is 14.1 Å². The molecule has 1 aliphatic rings. The predicted molar refractivity (Wildman–Crippen MR) is 96.8 cm³/mol. The Hall–Kier alpha value is -2.51. The van der Waals surface area contributed by atoms with Crippen molar-refractivity contribution in [3.8, 4) is 11.4 Å². The monoisotopic (exact) mass is 355 g/mol. The summed E-state index contributed by atoms with van der Waals surface area (Å²) in [6.07, 6.45) is 0. The Labute approximate surface area is 145 Å². The molecule has 2 aromatic carbocycles. The molecule has 2 N–H and O–H groups in total. The van der Waals surface area contributed by atoms with Gasteiger partial charge in [-0.2, -0.15) is 0 Å². The van der Waals surface area contributed by atoms with Gasteiger partial charge in [-0.1, -0.05) is 18.2 Å². The molecule has 0 aliphatic carbocycles. The van der Waals surface area contributed by atoms with Crippen molar-refractivity contribution in [3.63, 3.8) is 0 Å². The summed E-state index contributed by atoms with van der Waals surface area (Å²) in [5.74, 6) is -0.0841. The van der Waals surface area contributed by atoms with Crippen LogP contribution in [0.3, 0.4) is 0 Å². The molecule has 2 heterocycles. The van der Waals surface area contributed by atoms with Crippen molar-refractivity contribution in [2.24, 2.45) is 0 Å². The Bertz CT molecular complexity index is 1010. The average Bonchev–Trinajstić information content (AvgIpc) is 2.83. The normalized spacial score (nSPS) is 14.5. The van der Waals surface area contributed by atoms with Crippen LogP contribution in [-0.4, -0.2) is 35.1 Å². The molecule has 0 fully saturated rings. The third-order valence-electron chi connectivity index (χ3n) is 4.50. The van der Waals surface area contributed by atoms with Gasteiger partial charge in [-0.3, -0.25) is 4.79 Å². The van der Waals surface area contributed by atoms with Gasteiger partial charge in [0.15, 0.2) is 0 Å². The lowest BCUT2D eigenvalue weighted by atomic mass is 10.1. The van der Waals surface area contributed by atoms with Crippen molar-refractivity contribution in [3.05, 3.63) is 47.8 Å². The van der Waals surface area contributed by atoms with E-state index in [0.717, 1.165) is 10.8 Å². The molecule has 1 aliphatic heterocycles. The van der Waals surface area contributed by atoms with E-state index in [-0.39, 0.29) is 5.91 Å². The summed E-state index contributed by atoms with van der Waals surface area (Å²) < 4.78 is 15.9. The van der Waals surface area contributed by atoms with E-state index in [2.05, 4.69) is 10.3 Å². The van der Waals surface area contributed by atoms with Crippen LogP contribution >= 0.6 is 0 Å². The number of amides is 1. The zero-order chi connectivity index (χ0) is 17.8. The van der Waals surface area contributed by atoms with Crippen molar-refractivity contribution in [1.29, 1.82) is 0 Å². The highest BCUT2D eigenvalue weighted by Gasteiger charge is 2.25. The smallest absolute Gasteiger partial charge is 0.253 e. The third kappa shape index (κ3) is 2.65. The van der Waals surface area contributed by atoms with E-state index in [9.17, 15) is 14.0 Å². The SMILES string of the molecule is C[Si](C)(O)c1cccc(-c2nc3cc(F)cc4c3n2CCNC4=O)c1. The molecule has 0 saturated carbocycles. The minimum absolute atomic E-state index is 0.285. The van der Waals surface area contributed by atoms with Gasteiger partial charge in [0, 0.05) is 24.7 Å². The van der Waals surface area contributed by atoms with E-state index in [1.165, 1.54) is 12.1 Å². The van der Waals surface area contributed by atoms with Crippen LogP contribution in [0.2, 0.25) is 13.1 Å². The number of carbonyl (C=O) groups is 1. The Morgan fingerprint density at radius 3 is 2.84 bits per heavy atom. The summed E-state index contributed by atoms with van der Waals surface area (Å²) in [5.41, 5.74) is 2.27. The number of carbonyl (C=O) groups excluding carboxylic acids is 1. The summed E-state index contributed by atoms with van der Waals surface area (Å²) in [6, 6.07) is 10.3. The van der Waals surface area contributed by atoms with Crippen LogP contribution in [0.25, 0.3) is 22.4 Å². The van der Waals surface area contributed by atoms with Gasteiger partial charge in [-0.15, -0.1) is 0 Å². The molecule has 3 aromatic rings. The van der Waals surface area contributed by atoms with Gasteiger partial charge in [0.05, 0.1) is 16.6 Å². The molecular formula is C18H18FN3O2Si. The zero-order valence-electron chi connectivity index (χ0n) is 14.0. The van der Waals surface area contributed by atoms with Crippen molar-refractivity contribution >= 4 is 30.4 Å². The Morgan fingerprint density at radius 1 is 1.28 bits per heavy atom. The molecule has 4 rings (SSSR count). The first-order valence-corrected chi connectivity index (χ1v) is 11.1. The number of halogens is 1. The van der Waals surface area contributed by atoms with E-state index in [0.29, 0.717) is 35.5 Å². The van der Waals surface area contributed by atoms with E-state index in [1.807, 2.05) is 41.9 Å². The Balaban J connectivity index is 1.99. The summed E-state index contributed by atoms with van der Waals surface area (Å²) in [5, 5.41) is 3.69. The number of hydrogen-bond acceptors (Lipinski definition) is 3. The van der Waals surface area contributed by atoms with Crippen LogP contribution < -0.4 is 10.5 Å². The first kappa shape index (κ1) is 16.0. The van der Waals surface area contributed by atoms with Gasteiger partial charge in [-0.05, 0) is 30.4 Å². The summed E-state index contributed by atoms with van der Waals surface area (Å²) in [7, 11) is -2.45. The first-order valence-electron chi connectivity index (χ1n) is 8.16. The molecule has 0 saturated heterocycles. The lowest BCUT2D eigenvalue weighted by molar-refractivity contribution is 0.0956. The quantitative estimate of drug-likeness (QED) is 0.691. The summed E-state index contributed by atoms with van der Waals surface area (Å²) >= 11 is 0. The minimum Gasteiger partial charge on any atom is -0.428 e. The van der Waals surface area contributed by atoms with Crippen molar-refractivity contribution in [2.45, 2.75) is 19.6 Å². The van der Waals surface area contributed by atoms with Crippen LogP contribution in [0.4, 0.5) is 4.39 Å². The third-order valence-corrected chi connectivity index (χ3v) is 6.22. The van der Waals surface area contributed by atoms with Crippen LogP contribution in [-0.2, 0) is 6.54 Å². The lowest BCUT2D eigenvalue weighted by Crippen LogP contribution is -2.41. The lowest BCUT2D eigenvalue weighted by Gasteiger charge is -2.16. The fraction of sp³-hybridized carbons (Fsp3) is 0.222. The Morgan fingerprint density at radius 2 is 2.08 bits per heavy atom. The number of nitrogens with one attached hydrogen (secondary N) is 1. The van der Waals surface area contributed by atoms with Gasteiger partial charge < -0.3 is 14.7 Å². The van der Waals surface area contributed by atoms with Crippen molar-refractivity contribution in [2.75, 3.05) is 6.54 Å². The summed E-state index contributed by atoms with van der Waals surface area (Å²) in [4.78, 5) is 27.2. The second kappa shape index (κ2) is 5.50. The largest absolute Gasteiger partial charge is 0.428 e. The molecule has 5 nitrogen and oxygen atoms in total. The van der Waals surface area contributed by atoms with Crippen molar-refractivity contribution in [1.82, 2.24) is 14.9 Å². The Kier molecular flexibility index (Phi) is 3.52. The molecular weight excluding hydrogens is 337 g/mol. The molecule has 1 amide bonds. The molecule has 0 radical (unpaired) electrons. The highest BCUT2D eigenvalue weighted by molar-refractivity contribution is 6.83. The number of hydrogen-bond donors (Lipinski definition) is 2.